The second kappa shape index (κ2) is 4.18. The minimum atomic E-state index is 0.467. The normalized spacial score (nSPS) is 27.2. The van der Waals surface area contributed by atoms with E-state index in [2.05, 4.69) is 26.8 Å². The van der Waals surface area contributed by atoms with Crippen molar-refractivity contribution in [2.75, 3.05) is 26.2 Å². The van der Waals surface area contributed by atoms with Gasteiger partial charge in [0, 0.05) is 45.6 Å². The number of hydrogen-bond donors (Lipinski definition) is 1. The van der Waals surface area contributed by atoms with E-state index in [1.54, 1.807) is 0 Å². The molecule has 1 atom stereocenters. The Morgan fingerprint density at radius 3 is 3.06 bits per heavy atom. The second-order valence-corrected chi connectivity index (χ2v) is 5.05. The summed E-state index contributed by atoms with van der Waals surface area (Å²) in [7, 11) is 2.09. The third-order valence-corrected chi connectivity index (χ3v) is 3.70. The summed E-state index contributed by atoms with van der Waals surface area (Å²) in [5.74, 6) is 2.16. The van der Waals surface area contributed by atoms with E-state index in [9.17, 15) is 0 Å². The lowest BCUT2D eigenvalue weighted by Crippen LogP contribution is -2.47. The van der Waals surface area contributed by atoms with Crippen LogP contribution >= 0.6 is 0 Å². The zero-order valence-electron chi connectivity index (χ0n) is 9.89. The number of nitrogens with one attached hydrogen (secondary N) is 1. The Hall–Kier alpha value is -0.870. The Morgan fingerprint density at radius 2 is 2.38 bits per heavy atom. The zero-order chi connectivity index (χ0) is 11.0. The first-order valence-electron chi connectivity index (χ1n) is 6.26. The van der Waals surface area contributed by atoms with Gasteiger partial charge in [-0.25, -0.2) is 4.98 Å². The Labute approximate surface area is 96.7 Å². The molecule has 1 aliphatic heterocycles. The number of piperazine rings is 1. The molecule has 0 bridgehead atoms. The molecule has 4 nitrogen and oxygen atoms in total. The highest BCUT2D eigenvalue weighted by Gasteiger charge is 2.31. The van der Waals surface area contributed by atoms with Crippen molar-refractivity contribution in [3.8, 4) is 0 Å². The van der Waals surface area contributed by atoms with E-state index in [0.29, 0.717) is 6.04 Å². The summed E-state index contributed by atoms with van der Waals surface area (Å²) >= 11 is 0. The molecule has 0 radical (unpaired) electrons. The highest BCUT2D eigenvalue weighted by molar-refractivity contribution is 5.02. The average molecular weight is 220 g/mol. The van der Waals surface area contributed by atoms with Crippen LogP contribution in [0.5, 0.6) is 0 Å². The van der Waals surface area contributed by atoms with Gasteiger partial charge in [0.1, 0.15) is 5.82 Å². The molecule has 1 N–H and O–H groups in total. The molecule has 1 aromatic heterocycles. The highest BCUT2D eigenvalue weighted by atomic mass is 15.3. The second-order valence-electron chi connectivity index (χ2n) is 5.05. The predicted octanol–water partition coefficient (Wildman–Crippen LogP) is 0.776. The fraction of sp³-hybridized carbons (Fsp3) is 0.750. The summed E-state index contributed by atoms with van der Waals surface area (Å²) in [4.78, 5) is 7.11. The standard InChI is InChI=1S/C12H20N4/c1-15-6-5-14-12(15)11-8-13-4-7-16(11)9-10-2-3-10/h5-6,10-11,13H,2-4,7-9H2,1H3. The molecule has 0 spiro atoms. The lowest BCUT2D eigenvalue weighted by molar-refractivity contribution is 0.146. The van der Waals surface area contributed by atoms with Crippen LogP contribution in [0.2, 0.25) is 0 Å². The quantitative estimate of drug-likeness (QED) is 0.817. The highest BCUT2D eigenvalue weighted by Crippen LogP contribution is 2.32. The average Bonchev–Trinajstić information content (AvgIpc) is 3.00. The first-order valence-corrected chi connectivity index (χ1v) is 6.26. The lowest BCUT2D eigenvalue weighted by Gasteiger charge is -2.35. The van der Waals surface area contributed by atoms with Gasteiger partial charge in [-0.05, 0) is 18.8 Å². The van der Waals surface area contributed by atoms with E-state index in [1.807, 2.05) is 12.4 Å². The smallest absolute Gasteiger partial charge is 0.127 e. The Morgan fingerprint density at radius 1 is 1.50 bits per heavy atom. The van der Waals surface area contributed by atoms with Gasteiger partial charge >= 0.3 is 0 Å². The maximum atomic E-state index is 4.50. The number of imidazole rings is 1. The molecule has 2 heterocycles. The molecule has 4 heteroatoms. The van der Waals surface area contributed by atoms with Crippen molar-refractivity contribution in [1.29, 1.82) is 0 Å². The third-order valence-electron chi connectivity index (χ3n) is 3.70. The van der Waals surface area contributed by atoms with Crippen LogP contribution in [0.25, 0.3) is 0 Å². The summed E-state index contributed by atoms with van der Waals surface area (Å²) in [6.45, 7) is 4.58. The van der Waals surface area contributed by atoms with Gasteiger partial charge in [-0.15, -0.1) is 0 Å². The van der Waals surface area contributed by atoms with Crippen LogP contribution in [0, 0.1) is 5.92 Å². The Kier molecular flexibility index (Phi) is 2.69. The maximum Gasteiger partial charge on any atom is 0.127 e. The van der Waals surface area contributed by atoms with Crippen molar-refractivity contribution >= 4 is 0 Å². The summed E-state index contributed by atoms with van der Waals surface area (Å²) in [6.07, 6.45) is 6.80. The van der Waals surface area contributed by atoms with Crippen molar-refractivity contribution in [2.45, 2.75) is 18.9 Å². The first-order chi connectivity index (χ1) is 7.84. The molecule has 1 aromatic rings. The van der Waals surface area contributed by atoms with Crippen molar-refractivity contribution in [2.24, 2.45) is 13.0 Å². The van der Waals surface area contributed by atoms with Crippen molar-refractivity contribution in [3.05, 3.63) is 18.2 Å². The van der Waals surface area contributed by atoms with Gasteiger partial charge in [0.05, 0.1) is 6.04 Å². The predicted molar refractivity (Wildman–Crippen MR) is 63.1 cm³/mol. The molecule has 1 saturated heterocycles. The van der Waals surface area contributed by atoms with E-state index in [1.165, 1.54) is 25.2 Å². The molecule has 88 valence electrons. The van der Waals surface area contributed by atoms with Gasteiger partial charge in [0.15, 0.2) is 0 Å². The molecule has 2 fully saturated rings. The van der Waals surface area contributed by atoms with Crippen LogP contribution in [-0.2, 0) is 7.05 Å². The number of hydrogen-bond acceptors (Lipinski definition) is 3. The van der Waals surface area contributed by atoms with Crippen molar-refractivity contribution in [3.63, 3.8) is 0 Å². The molecule has 16 heavy (non-hydrogen) atoms. The van der Waals surface area contributed by atoms with Gasteiger partial charge in [0.2, 0.25) is 0 Å². The number of aryl methyl sites for hydroxylation is 1. The van der Waals surface area contributed by atoms with E-state index in [4.69, 9.17) is 0 Å². The number of nitrogens with zero attached hydrogens (tertiary/aromatic N) is 3. The van der Waals surface area contributed by atoms with Crippen LogP contribution in [-0.4, -0.2) is 40.6 Å². The first kappa shape index (κ1) is 10.3. The molecule has 0 aromatic carbocycles. The van der Waals surface area contributed by atoms with Crippen molar-refractivity contribution in [1.82, 2.24) is 19.8 Å². The maximum absolute atomic E-state index is 4.50. The molecule has 2 aliphatic rings. The minimum Gasteiger partial charge on any atom is -0.337 e. The van der Waals surface area contributed by atoms with Crippen LogP contribution in [0.15, 0.2) is 12.4 Å². The van der Waals surface area contributed by atoms with Gasteiger partial charge in [-0.1, -0.05) is 0 Å². The van der Waals surface area contributed by atoms with Crippen LogP contribution in [0.3, 0.4) is 0 Å². The summed E-state index contributed by atoms with van der Waals surface area (Å²) in [6, 6.07) is 0.467. The van der Waals surface area contributed by atoms with Gasteiger partial charge < -0.3 is 9.88 Å². The summed E-state index contributed by atoms with van der Waals surface area (Å²) < 4.78 is 2.15. The number of aromatic nitrogens is 2. The largest absolute Gasteiger partial charge is 0.337 e. The topological polar surface area (TPSA) is 33.1 Å². The molecule has 1 saturated carbocycles. The molecular formula is C12H20N4. The molecule has 3 rings (SSSR count). The molecule has 1 unspecified atom stereocenters. The fourth-order valence-electron chi connectivity index (χ4n) is 2.55. The van der Waals surface area contributed by atoms with E-state index >= 15 is 0 Å². The number of rotatable bonds is 3. The van der Waals surface area contributed by atoms with E-state index in [-0.39, 0.29) is 0 Å². The minimum absolute atomic E-state index is 0.467. The summed E-state index contributed by atoms with van der Waals surface area (Å²) in [5, 5.41) is 3.48. The van der Waals surface area contributed by atoms with Crippen LogP contribution < -0.4 is 5.32 Å². The fourth-order valence-corrected chi connectivity index (χ4v) is 2.55. The molecule has 0 amide bonds. The van der Waals surface area contributed by atoms with Gasteiger partial charge in [-0.3, -0.25) is 4.90 Å². The van der Waals surface area contributed by atoms with E-state index < -0.39 is 0 Å². The van der Waals surface area contributed by atoms with Gasteiger partial charge in [0.25, 0.3) is 0 Å². The zero-order valence-corrected chi connectivity index (χ0v) is 9.89. The third kappa shape index (κ3) is 1.99. The monoisotopic (exact) mass is 220 g/mol. The van der Waals surface area contributed by atoms with Crippen molar-refractivity contribution < 1.29 is 0 Å². The molecular weight excluding hydrogens is 200 g/mol. The van der Waals surface area contributed by atoms with Gasteiger partial charge in [-0.2, -0.15) is 0 Å². The SMILES string of the molecule is Cn1ccnc1C1CNCCN1CC1CC1. The Bertz CT molecular complexity index is 356. The lowest BCUT2D eigenvalue weighted by atomic mass is 10.1. The van der Waals surface area contributed by atoms with Crippen LogP contribution in [0.4, 0.5) is 0 Å². The van der Waals surface area contributed by atoms with E-state index in [0.717, 1.165) is 25.6 Å². The Balaban J connectivity index is 1.76. The molecule has 1 aliphatic carbocycles. The van der Waals surface area contributed by atoms with Crippen LogP contribution in [0.1, 0.15) is 24.7 Å². The summed E-state index contributed by atoms with van der Waals surface area (Å²) in [5.41, 5.74) is 0.